The minimum Gasteiger partial charge on any atom is -0.378 e. The predicted octanol–water partition coefficient (Wildman–Crippen LogP) is 1.62. The standard InChI is InChI=1S/C9H15N3OS/c10-9-11-8(14-12-9)5-4-7-3-1-2-6-13-7/h7H,1-6H2,(H2,10,12). The van der Waals surface area contributed by atoms with Gasteiger partial charge in [-0.3, -0.25) is 0 Å². The second-order valence-electron chi connectivity index (χ2n) is 3.57. The normalized spacial score (nSPS) is 22.4. The highest BCUT2D eigenvalue weighted by atomic mass is 32.1. The van der Waals surface area contributed by atoms with Gasteiger partial charge in [-0.15, -0.1) is 0 Å². The van der Waals surface area contributed by atoms with Crippen molar-refractivity contribution < 1.29 is 4.74 Å². The fourth-order valence-corrected chi connectivity index (χ4v) is 2.27. The molecule has 0 aromatic carbocycles. The van der Waals surface area contributed by atoms with Crippen molar-refractivity contribution in [3.05, 3.63) is 5.01 Å². The molecule has 0 saturated carbocycles. The van der Waals surface area contributed by atoms with Crippen LogP contribution >= 0.6 is 11.5 Å². The van der Waals surface area contributed by atoms with Crippen LogP contribution in [0.15, 0.2) is 0 Å². The number of ether oxygens (including phenoxy) is 1. The highest BCUT2D eigenvalue weighted by Gasteiger charge is 2.14. The summed E-state index contributed by atoms with van der Waals surface area (Å²) in [6.45, 7) is 0.920. The summed E-state index contributed by atoms with van der Waals surface area (Å²) < 4.78 is 9.58. The lowest BCUT2D eigenvalue weighted by Gasteiger charge is -2.21. The quantitative estimate of drug-likeness (QED) is 0.828. The fraction of sp³-hybridized carbons (Fsp3) is 0.778. The molecule has 1 atom stereocenters. The Labute approximate surface area is 87.7 Å². The molecule has 1 fully saturated rings. The van der Waals surface area contributed by atoms with Crippen molar-refractivity contribution in [2.45, 2.75) is 38.2 Å². The Morgan fingerprint density at radius 2 is 2.43 bits per heavy atom. The number of nitrogen functional groups attached to an aromatic ring is 1. The average molecular weight is 213 g/mol. The van der Waals surface area contributed by atoms with E-state index < -0.39 is 0 Å². The van der Waals surface area contributed by atoms with Gasteiger partial charge in [-0.2, -0.15) is 4.37 Å². The Kier molecular flexibility index (Phi) is 3.31. The second kappa shape index (κ2) is 4.70. The summed E-state index contributed by atoms with van der Waals surface area (Å²) in [6.07, 6.45) is 6.11. The van der Waals surface area contributed by atoms with Crippen LogP contribution in [0.25, 0.3) is 0 Å². The minimum atomic E-state index is 0.398. The molecule has 2 rings (SSSR count). The maximum atomic E-state index is 5.63. The molecular weight excluding hydrogens is 198 g/mol. The Hall–Kier alpha value is -0.680. The molecule has 0 bridgehead atoms. The van der Waals surface area contributed by atoms with E-state index in [-0.39, 0.29) is 0 Å². The van der Waals surface area contributed by atoms with Crippen LogP contribution in [0, 0.1) is 0 Å². The van der Waals surface area contributed by atoms with Crippen molar-refractivity contribution in [2.24, 2.45) is 0 Å². The monoisotopic (exact) mass is 213 g/mol. The first-order valence-corrected chi connectivity index (χ1v) is 5.81. The van der Waals surface area contributed by atoms with Gasteiger partial charge in [-0.25, -0.2) is 4.98 Å². The third-order valence-electron chi connectivity index (χ3n) is 2.44. The molecule has 0 amide bonds. The molecule has 4 nitrogen and oxygen atoms in total. The van der Waals surface area contributed by atoms with Crippen LogP contribution in [-0.4, -0.2) is 22.1 Å². The number of hydrogen-bond acceptors (Lipinski definition) is 5. The van der Waals surface area contributed by atoms with Gasteiger partial charge in [0, 0.05) is 13.0 Å². The molecular formula is C9H15N3OS. The number of rotatable bonds is 3. The maximum absolute atomic E-state index is 5.63. The van der Waals surface area contributed by atoms with Crippen LogP contribution in [0.2, 0.25) is 0 Å². The Bertz CT molecular complexity index is 283. The summed E-state index contributed by atoms with van der Waals surface area (Å²) in [5.74, 6) is 0.398. The van der Waals surface area contributed by atoms with Crippen LogP contribution in [0.5, 0.6) is 0 Å². The molecule has 1 aliphatic rings. The van der Waals surface area contributed by atoms with Crippen molar-refractivity contribution in [2.75, 3.05) is 12.3 Å². The van der Waals surface area contributed by atoms with Gasteiger partial charge in [-0.05, 0) is 37.2 Å². The summed E-state index contributed by atoms with van der Waals surface area (Å²) in [6, 6.07) is 0. The van der Waals surface area contributed by atoms with Crippen LogP contribution in [-0.2, 0) is 11.2 Å². The number of aryl methyl sites for hydroxylation is 1. The van der Waals surface area contributed by atoms with Crippen molar-refractivity contribution in [3.8, 4) is 0 Å². The first-order valence-electron chi connectivity index (χ1n) is 5.04. The lowest BCUT2D eigenvalue weighted by Crippen LogP contribution is -2.19. The van der Waals surface area contributed by atoms with Gasteiger partial charge in [0.15, 0.2) is 0 Å². The van der Waals surface area contributed by atoms with E-state index in [4.69, 9.17) is 10.5 Å². The number of nitrogens with two attached hydrogens (primary N) is 1. The number of hydrogen-bond donors (Lipinski definition) is 1. The van der Waals surface area contributed by atoms with Gasteiger partial charge in [0.2, 0.25) is 5.95 Å². The molecule has 1 aliphatic heterocycles. The molecule has 78 valence electrons. The van der Waals surface area contributed by atoms with E-state index in [2.05, 4.69) is 9.36 Å². The molecule has 2 heterocycles. The lowest BCUT2D eigenvalue weighted by atomic mass is 10.1. The van der Waals surface area contributed by atoms with Gasteiger partial charge in [-0.1, -0.05) is 0 Å². The number of anilines is 1. The zero-order valence-electron chi connectivity index (χ0n) is 8.11. The SMILES string of the molecule is Nc1nsc(CCC2CCCCO2)n1. The smallest absolute Gasteiger partial charge is 0.232 e. The summed E-state index contributed by atoms with van der Waals surface area (Å²) in [4.78, 5) is 4.12. The third kappa shape index (κ3) is 2.65. The van der Waals surface area contributed by atoms with Gasteiger partial charge in [0.05, 0.1) is 6.10 Å². The first kappa shape index (κ1) is 9.86. The molecule has 1 saturated heterocycles. The minimum absolute atomic E-state index is 0.398. The van der Waals surface area contributed by atoms with E-state index >= 15 is 0 Å². The van der Waals surface area contributed by atoms with E-state index in [1.165, 1.54) is 30.8 Å². The summed E-state index contributed by atoms with van der Waals surface area (Å²) in [5.41, 5.74) is 5.44. The highest BCUT2D eigenvalue weighted by Crippen LogP contribution is 2.18. The Morgan fingerprint density at radius 3 is 3.07 bits per heavy atom. The maximum Gasteiger partial charge on any atom is 0.232 e. The van der Waals surface area contributed by atoms with Gasteiger partial charge < -0.3 is 10.5 Å². The van der Waals surface area contributed by atoms with Gasteiger partial charge >= 0.3 is 0 Å². The number of aromatic nitrogens is 2. The van der Waals surface area contributed by atoms with Crippen LogP contribution in [0.1, 0.15) is 30.7 Å². The molecule has 1 aromatic rings. The zero-order chi connectivity index (χ0) is 9.80. The van der Waals surface area contributed by atoms with Crippen LogP contribution in [0.3, 0.4) is 0 Å². The van der Waals surface area contributed by atoms with E-state index in [0.717, 1.165) is 24.5 Å². The second-order valence-corrected chi connectivity index (χ2v) is 4.41. The molecule has 1 unspecified atom stereocenters. The van der Waals surface area contributed by atoms with Crippen LogP contribution in [0.4, 0.5) is 5.95 Å². The number of nitrogens with zero attached hydrogens (tertiary/aromatic N) is 2. The highest BCUT2D eigenvalue weighted by molar-refractivity contribution is 7.05. The molecule has 0 radical (unpaired) electrons. The average Bonchev–Trinajstić information content (AvgIpc) is 2.63. The fourth-order valence-electron chi connectivity index (χ4n) is 1.69. The molecule has 0 spiro atoms. The van der Waals surface area contributed by atoms with Gasteiger partial charge in [0.1, 0.15) is 5.01 Å². The molecule has 2 N–H and O–H groups in total. The molecule has 14 heavy (non-hydrogen) atoms. The Morgan fingerprint density at radius 1 is 1.50 bits per heavy atom. The van der Waals surface area contributed by atoms with Crippen molar-refractivity contribution in [1.82, 2.24) is 9.36 Å². The van der Waals surface area contributed by atoms with Crippen molar-refractivity contribution in [3.63, 3.8) is 0 Å². The zero-order valence-corrected chi connectivity index (χ0v) is 8.92. The van der Waals surface area contributed by atoms with E-state index in [1.807, 2.05) is 0 Å². The first-order chi connectivity index (χ1) is 6.84. The largest absolute Gasteiger partial charge is 0.378 e. The predicted molar refractivity (Wildman–Crippen MR) is 56.2 cm³/mol. The lowest BCUT2D eigenvalue weighted by molar-refractivity contribution is 0.0115. The molecule has 0 aliphatic carbocycles. The molecule has 1 aromatic heterocycles. The van der Waals surface area contributed by atoms with E-state index in [9.17, 15) is 0 Å². The third-order valence-corrected chi connectivity index (χ3v) is 3.22. The van der Waals surface area contributed by atoms with Crippen LogP contribution < -0.4 is 5.73 Å². The molecule has 5 heteroatoms. The summed E-state index contributed by atoms with van der Waals surface area (Å²) >= 11 is 1.40. The van der Waals surface area contributed by atoms with E-state index in [1.54, 1.807) is 0 Å². The van der Waals surface area contributed by atoms with Gasteiger partial charge in [0.25, 0.3) is 0 Å². The summed E-state index contributed by atoms with van der Waals surface area (Å²) in [7, 11) is 0. The summed E-state index contributed by atoms with van der Waals surface area (Å²) in [5, 5.41) is 1.02. The van der Waals surface area contributed by atoms with Crippen molar-refractivity contribution >= 4 is 17.5 Å². The Balaban J connectivity index is 1.76. The van der Waals surface area contributed by atoms with Crippen molar-refractivity contribution in [1.29, 1.82) is 0 Å². The van der Waals surface area contributed by atoms with E-state index in [0.29, 0.717) is 12.1 Å². The topological polar surface area (TPSA) is 61.0 Å².